The summed E-state index contributed by atoms with van der Waals surface area (Å²) in [7, 11) is 0. The number of hydrogen-bond donors (Lipinski definition) is 0. The Morgan fingerprint density at radius 1 is 0.405 bits per heavy atom. The molecule has 0 bridgehead atoms. The van der Waals surface area contributed by atoms with Crippen molar-refractivity contribution in [2.75, 3.05) is 0 Å². The molecule has 2 aromatic carbocycles. The molecule has 3 aromatic rings. The fourth-order valence-electron chi connectivity index (χ4n) is 5.01. The highest BCUT2D eigenvalue weighted by molar-refractivity contribution is 5.55. The molecule has 3 rings (SSSR count). The second-order valence-corrected chi connectivity index (χ2v) is 10.8. The third-order valence-electron chi connectivity index (χ3n) is 7.53. The molecular weight excluding hydrogens is 448 g/mol. The third kappa shape index (κ3) is 11.6. The van der Waals surface area contributed by atoms with Gasteiger partial charge in [0, 0.05) is 18.0 Å². The molecule has 1 aromatic heterocycles. The molecular formula is C35H50N2. The maximum atomic E-state index is 4.65. The van der Waals surface area contributed by atoms with Crippen molar-refractivity contribution in [1.29, 1.82) is 0 Å². The molecule has 0 unspecified atom stereocenters. The van der Waals surface area contributed by atoms with E-state index >= 15 is 0 Å². The van der Waals surface area contributed by atoms with Gasteiger partial charge in [-0.1, -0.05) is 133 Å². The van der Waals surface area contributed by atoms with Gasteiger partial charge in [-0.05, 0) is 60.8 Å². The van der Waals surface area contributed by atoms with Crippen LogP contribution in [-0.2, 0) is 25.7 Å². The van der Waals surface area contributed by atoms with Crippen LogP contribution in [0.3, 0.4) is 0 Å². The summed E-state index contributed by atoms with van der Waals surface area (Å²) in [5, 5.41) is 0. The first-order valence-corrected chi connectivity index (χ1v) is 15.3. The summed E-state index contributed by atoms with van der Waals surface area (Å²) in [6.07, 6.45) is 26.1. The average molecular weight is 499 g/mol. The average Bonchev–Trinajstić information content (AvgIpc) is 2.94. The Hall–Kier alpha value is -2.48. The number of rotatable bonds is 19. The van der Waals surface area contributed by atoms with E-state index in [0.717, 1.165) is 30.7 Å². The number of nitrogens with zero attached hydrogens (tertiary/aromatic N) is 2. The van der Waals surface area contributed by atoms with Gasteiger partial charge in [0.25, 0.3) is 0 Å². The summed E-state index contributed by atoms with van der Waals surface area (Å²) < 4.78 is 0. The molecule has 2 heteroatoms. The van der Waals surface area contributed by atoms with Crippen molar-refractivity contribution < 1.29 is 0 Å². The molecule has 37 heavy (non-hydrogen) atoms. The first-order valence-electron chi connectivity index (χ1n) is 15.3. The van der Waals surface area contributed by atoms with Crippen LogP contribution in [0.25, 0.3) is 11.4 Å². The van der Waals surface area contributed by atoms with Crippen LogP contribution < -0.4 is 0 Å². The van der Waals surface area contributed by atoms with Gasteiger partial charge in [0.2, 0.25) is 0 Å². The molecule has 0 amide bonds. The van der Waals surface area contributed by atoms with E-state index in [-0.39, 0.29) is 0 Å². The summed E-state index contributed by atoms with van der Waals surface area (Å²) in [4.78, 5) is 9.30. The minimum Gasteiger partial charge on any atom is -0.236 e. The summed E-state index contributed by atoms with van der Waals surface area (Å²) in [6, 6.07) is 18.1. The van der Waals surface area contributed by atoms with Crippen LogP contribution in [0, 0.1) is 0 Å². The number of benzene rings is 2. The molecule has 0 saturated carbocycles. The van der Waals surface area contributed by atoms with Crippen molar-refractivity contribution in [3.05, 3.63) is 83.2 Å². The lowest BCUT2D eigenvalue weighted by molar-refractivity contribution is 0.589. The molecule has 0 radical (unpaired) electrons. The van der Waals surface area contributed by atoms with E-state index in [9.17, 15) is 0 Å². The van der Waals surface area contributed by atoms with Gasteiger partial charge in [0.1, 0.15) is 0 Å². The summed E-state index contributed by atoms with van der Waals surface area (Å²) >= 11 is 0. The zero-order chi connectivity index (χ0) is 26.0. The van der Waals surface area contributed by atoms with Crippen LogP contribution in [0.5, 0.6) is 0 Å². The van der Waals surface area contributed by atoms with Crippen LogP contribution in [0.4, 0.5) is 0 Å². The third-order valence-corrected chi connectivity index (χ3v) is 7.53. The molecule has 0 atom stereocenters. The first-order chi connectivity index (χ1) is 18.3. The second-order valence-electron chi connectivity index (χ2n) is 10.8. The predicted octanol–water partition coefficient (Wildman–Crippen LogP) is 10.1. The number of unbranched alkanes of at least 4 members (excludes halogenated alkanes) is 11. The topological polar surface area (TPSA) is 25.8 Å². The Balaban J connectivity index is 1.36. The normalized spacial score (nSPS) is 11.2. The number of aromatic nitrogens is 2. The van der Waals surface area contributed by atoms with Gasteiger partial charge in [0.05, 0.1) is 0 Å². The predicted molar refractivity (Wildman–Crippen MR) is 160 cm³/mol. The minimum atomic E-state index is 0.829. The van der Waals surface area contributed by atoms with Gasteiger partial charge in [0.15, 0.2) is 5.82 Å². The van der Waals surface area contributed by atoms with Gasteiger partial charge in [-0.25, -0.2) is 9.97 Å². The number of aryl methyl sites for hydroxylation is 4. The van der Waals surface area contributed by atoms with Crippen molar-refractivity contribution in [2.45, 2.75) is 123 Å². The van der Waals surface area contributed by atoms with E-state index in [1.807, 2.05) is 12.4 Å². The van der Waals surface area contributed by atoms with Crippen molar-refractivity contribution in [3.63, 3.8) is 0 Å². The summed E-state index contributed by atoms with van der Waals surface area (Å²) in [5.74, 6) is 0.829. The molecule has 2 nitrogen and oxygen atoms in total. The van der Waals surface area contributed by atoms with Crippen LogP contribution in [0.1, 0.15) is 120 Å². The fraction of sp³-hybridized carbons (Fsp3) is 0.543. The van der Waals surface area contributed by atoms with Crippen LogP contribution in [0.2, 0.25) is 0 Å². The van der Waals surface area contributed by atoms with Crippen molar-refractivity contribution in [2.24, 2.45) is 0 Å². The van der Waals surface area contributed by atoms with Gasteiger partial charge in [-0.15, -0.1) is 0 Å². The van der Waals surface area contributed by atoms with E-state index in [0.29, 0.717) is 0 Å². The zero-order valence-electron chi connectivity index (χ0n) is 23.7. The summed E-state index contributed by atoms with van der Waals surface area (Å²) in [5.41, 5.74) is 6.64. The Kier molecular flexibility index (Phi) is 14.1. The molecule has 0 N–H and O–H groups in total. The van der Waals surface area contributed by atoms with E-state index in [1.54, 1.807) is 0 Å². The monoisotopic (exact) mass is 498 g/mol. The van der Waals surface area contributed by atoms with Crippen molar-refractivity contribution in [1.82, 2.24) is 9.97 Å². The fourth-order valence-corrected chi connectivity index (χ4v) is 5.01. The maximum absolute atomic E-state index is 4.65. The first kappa shape index (κ1) is 29.1. The second kappa shape index (κ2) is 17.9. The highest BCUT2D eigenvalue weighted by Gasteiger charge is 2.04. The largest absolute Gasteiger partial charge is 0.236 e. The standard InChI is InChI=1S/C35H50N2/c1-3-5-7-9-11-13-15-17-33-28-36-35(37-29-33)34-26-24-32(25-27-34)23-22-31-20-18-30(19-21-31)16-14-12-10-8-6-4-2/h18-21,24-29H,3-17,22-23H2,1-2H3. The van der Waals surface area contributed by atoms with E-state index < -0.39 is 0 Å². The molecule has 200 valence electrons. The van der Waals surface area contributed by atoms with Gasteiger partial charge >= 0.3 is 0 Å². The minimum absolute atomic E-state index is 0.829. The Morgan fingerprint density at radius 2 is 0.784 bits per heavy atom. The zero-order valence-corrected chi connectivity index (χ0v) is 23.7. The quantitative estimate of drug-likeness (QED) is 0.154. The molecule has 1 heterocycles. The van der Waals surface area contributed by atoms with Gasteiger partial charge in [-0.3, -0.25) is 0 Å². The smallest absolute Gasteiger partial charge is 0.159 e. The molecule has 0 fully saturated rings. The maximum Gasteiger partial charge on any atom is 0.159 e. The van der Waals surface area contributed by atoms with Crippen LogP contribution >= 0.6 is 0 Å². The lowest BCUT2D eigenvalue weighted by atomic mass is 10.00. The van der Waals surface area contributed by atoms with Crippen molar-refractivity contribution in [3.8, 4) is 11.4 Å². The highest BCUT2D eigenvalue weighted by Crippen LogP contribution is 2.18. The van der Waals surface area contributed by atoms with Crippen LogP contribution in [-0.4, -0.2) is 9.97 Å². The Morgan fingerprint density at radius 3 is 1.27 bits per heavy atom. The highest BCUT2D eigenvalue weighted by atomic mass is 14.9. The molecule has 0 aliphatic carbocycles. The van der Waals surface area contributed by atoms with Gasteiger partial charge in [-0.2, -0.15) is 0 Å². The SMILES string of the molecule is CCCCCCCCCc1cnc(-c2ccc(CCc3ccc(CCCCCCCC)cc3)cc2)nc1. The lowest BCUT2D eigenvalue weighted by Crippen LogP contribution is -1.95. The lowest BCUT2D eigenvalue weighted by Gasteiger charge is -2.07. The van der Waals surface area contributed by atoms with Crippen molar-refractivity contribution >= 4 is 0 Å². The molecule has 0 aliphatic rings. The van der Waals surface area contributed by atoms with Crippen LogP contribution in [0.15, 0.2) is 60.9 Å². The van der Waals surface area contributed by atoms with E-state index in [2.05, 4.69) is 72.3 Å². The summed E-state index contributed by atoms with van der Waals surface area (Å²) in [6.45, 7) is 4.55. The molecule has 0 saturated heterocycles. The van der Waals surface area contributed by atoms with Gasteiger partial charge < -0.3 is 0 Å². The van der Waals surface area contributed by atoms with E-state index in [4.69, 9.17) is 0 Å². The molecule has 0 aliphatic heterocycles. The Bertz CT molecular complexity index is 958. The van der Waals surface area contributed by atoms with E-state index in [1.165, 1.54) is 112 Å². The molecule has 0 spiro atoms. The Labute approximate surface area is 227 Å². The number of hydrogen-bond acceptors (Lipinski definition) is 2.